The van der Waals surface area contributed by atoms with Gasteiger partial charge in [0.25, 0.3) is 10.0 Å². The third kappa shape index (κ3) is 5.22. The molecule has 0 fully saturated rings. The van der Waals surface area contributed by atoms with Gasteiger partial charge < -0.3 is 4.74 Å². The molecule has 0 saturated carbocycles. The third-order valence-corrected chi connectivity index (χ3v) is 5.69. The molecule has 1 N–H and O–H groups in total. The molecule has 0 saturated heterocycles. The Morgan fingerprint density at radius 1 is 1.12 bits per heavy atom. The highest BCUT2D eigenvalue weighted by molar-refractivity contribution is 8.00. The van der Waals surface area contributed by atoms with Gasteiger partial charge in [0.15, 0.2) is 0 Å². The largest absolute Gasteiger partial charge is 0.465 e. The number of rotatable bonds is 5. The van der Waals surface area contributed by atoms with E-state index in [4.69, 9.17) is 0 Å². The van der Waals surface area contributed by atoms with E-state index in [2.05, 4.69) is 30.2 Å². The predicted octanol–water partition coefficient (Wildman–Crippen LogP) is 4.30. The van der Waals surface area contributed by atoms with Crippen LogP contribution in [0.5, 0.6) is 0 Å². The van der Waals surface area contributed by atoms with E-state index in [1.54, 1.807) is 23.9 Å². The summed E-state index contributed by atoms with van der Waals surface area (Å²) in [6.07, 6.45) is 0. The molecule has 140 valence electrons. The Morgan fingerprint density at radius 3 is 2.27 bits per heavy atom. The van der Waals surface area contributed by atoms with Crippen LogP contribution in [0.3, 0.4) is 0 Å². The van der Waals surface area contributed by atoms with E-state index in [0.29, 0.717) is 0 Å². The first kappa shape index (κ1) is 20.3. The zero-order chi connectivity index (χ0) is 19.5. The number of halogens is 1. The molecular weight excluding hydrogens is 377 g/mol. The molecule has 0 radical (unpaired) electrons. The van der Waals surface area contributed by atoms with Crippen LogP contribution >= 0.6 is 11.8 Å². The maximum absolute atomic E-state index is 13.5. The molecule has 0 aromatic heterocycles. The fourth-order valence-corrected chi connectivity index (χ4v) is 4.18. The second-order valence-electron chi connectivity index (χ2n) is 6.47. The van der Waals surface area contributed by atoms with Gasteiger partial charge in [0, 0.05) is 9.64 Å². The quantitative estimate of drug-likeness (QED) is 0.601. The van der Waals surface area contributed by atoms with Crippen molar-refractivity contribution in [2.75, 3.05) is 11.8 Å². The van der Waals surface area contributed by atoms with Crippen molar-refractivity contribution >= 4 is 33.4 Å². The van der Waals surface area contributed by atoms with Crippen molar-refractivity contribution < 1.29 is 22.3 Å². The number of hydrogen-bond acceptors (Lipinski definition) is 5. The lowest BCUT2D eigenvalue weighted by molar-refractivity contribution is 0.0602. The van der Waals surface area contributed by atoms with Gasteiger partial charge in [-0.3, -0.25) is 4.72 Å². The molecule has 0 aliphatic heterocycles. The van der Waals surface area contributed by atoms with Crippen molar-refractivity contribution in [1.82, 2.24) is 0 Å². The second-order valence-corrected chi connectivity index (χ2v) is 10.1. The van der Waals surface area contributed by atoms with Crippen LogP contribution in [-0.2, 0) is 14.8 Å². The van der Waals surface area contributed by atoms with Crippen molar-refractivity contribution in [3.63, 3.8) is 0 Å². The third-order valence-electron chi connectivity index (χ3n) is 3.19. The highest BCUT2D eigenvalue weighted by Crippen LogP contribution is 2.32. The summed E-state index contributed by atoms with van der Waals surface area (Å²) < 4.78 is 45.5. The average Bonchev–Trinajstić information content (AvgIpc) is 2.53. The van der Waals surface area contributed by atoms with Crippen LogP contribution in [0.1, 0.15) is 31.1 Å². The summed E-state index contributed by atoms with van der Waals surface area (Å²) in [6, 6.07) is 9.51. The molecule has 0 aliphatic rings. The van der Waals surface area contributed by atoms with E-state index in [-0.39, 0.29) is 20.9 Å². The number of sulfonamides is 1. The van der Waals surface area contributed by atoms with E-state index < -0.39 is 21.8 Å². The van der Waals surface area contributed by atoms with Crippen molar-refractivity contribution in [3.05, 3.63) is 53.8 Å². The smallest absolute Gasteiger partial charge is 0.339 e. The topological polar surface area (TPSA) is 72.5 Å². The van der Waals surface area contributed by atoms with Gasteiger partial charge in [0.1, 0.15) is 5.82 Å². The lowest BCUT2D eigenvalue weighted by Crippen LogP contribution is -2.16. The number of benzene rings is 2. The standard InChI is InChI=1S/C18H20FNO4S2/c1-18(2,3)25-13-6-8-14(9-7-13)26(22,23)20-16-11-12(19)5-10-15(16)17(21)24-4/h5-11,20H,1-4H3. The van der Waals surface area contributed by atoms with Crippen molar-refractivity contribution in [3.8, 4) is 0 Å². The van der Waals surface area contributed by atoms with Crippen molar-refractivity contribution in [2.24, 2.45) is 0 Å². The first-order chi connectivity index (χ1) is 12.0. The highest BCUT2D eigenvalue weighted by Gasteiger charge is 2.20. The molecule has 0 bridgehead atoms. The minimum atomic E-state index is -3.99. The molecule has 26 heavy (non-hydrogen) atoms. The van der Waals surface area contributed by atoms with Crippen LogP contribution in [0.25, 0.3) is 0 Å². The molecule has 0 heterocycles. The van der Waals surface area contributed by atoms with Gasteiger partial charge in [-0.15, -0.1) is 11.8 Å². The van der Waals surface area contributed by atoms with Gasteiger partial charge in [-0.1, -0.05) is 20.8 Å². The Bertz CT molecular complexity index is 904. The van der Waals surface area contributed by atoms with E-state index in [1.807, 2.05) is 0 Å². The molecule has 0 unspecified atom stereocenters. The second kappa shape index (κ2) is 7.67. The van der Waals surface area contributed by atoms with Crippen molar-refractivity contribution in [2.45, 2.75) is 35.3 Å². The fourth-order valence-electron chi connectivity index (χ4n) is 2.13. The molecule has 5 nitrogen and oxygen atoms in total. The first-order valence-corrected chi connectivity index (χ1v) is 10.0. The van der Waals surface area contributed by atoms with Crippen LogP contribution in [0.15, 0.2) is 52.3 Å². The molecular formula is C18H20FNO4S2. The maximum Gasteiger partial charge on any atom is 0.339 e. The van der Waals surface area contributed by atoms with Gasteiger partial charge in [0.2, 0.25) is 0 Å². The summed E-state index contributed by atoms with van der Waals surface area (Å²) in [5.41, 5.74) is -0.248. The van der Waals surface area contributed by atoms with Gasteiger partial charge in [-0.2, -0.15) is 0 Å². The van der Waals surface area contributed by atoms with E-state index in [1.165, 1.54) is 18.2 Å². The summed E-state index contributed by atoms with van der Waals surface area (Å²) in [4.78, 5) is 12.7. The molecule has 0 atom stereocenters. The number of carbonyl (C=O) groups is 1. The van der Waals surface area contributed by atoms with E-state index in [9.17, 15) is 17.6 Å². The van der Waals surface area contributed by atoms with E-state index in [0.717, 1.165) is 24.1 Å². The number of esters is 1. The van der Waals surface area contributed by atoms with Crippen LogP contribution in [-0.4, -0.2) is 26.2 Å². The van der Waals surface area contributed by atoms with Crippen molar-refractivity contribution in [1.29, 1.82) is 0 Å². The summed E-state index contributed by atoms with van der Waals surface area (Å²) in [5.74, 6) is -1.44. The Balaban J connectivity index is 2.32. The van der Waals surface area contributed by atoms with Crippen LogP contribution in [0.4, 0.5) is 10.1 Å². The van der Waals surface area contributed by atoms with Gasteiger partial charge in [0.05, 0.1) is 23.3 Å². The van der Waals surface area contributed by atoms with Crippen LogP contribution < -0.4 is 4.72 Å². The molecule has 0 amide bonds. The summed E-state index contributed by atoms with van der Waals surface area (Å²) >= 11 is 1.61. The molecule has 0 spiro atoms. The Morgan fingerprint density at radius 2 is 1.73 bits per heavy atom. The normalized spacial score (nSPS) is 11.9. The Hall–Kier alpha value is -2.06. The number of thioether (sulfide) groups is 1. The minimum absolute atomic E-state index is 0.00434. The summed E-state index contributed by atoms with van der Waals surface area (Å²) in [5, 5.41) is 0. The average molecular weight is 397 g/mol. The van der Waals surface area contributed by atoms with Crippen LogP contribution in [0, 0.1) is 5.82 Å². The lowest BCUT2D eigenvalue weighted by atomic mass is 10.2. The predicted molar refractivity (Wildman–Crippen MR) is 101 cm³/mol. The summed E-state index contributed by atoms with van der Waals surface area (Å²) in [6.45, 7) is 6.17. The van der Waals surface area contributed by atoms with Gasteiger partial charge in [-0.05, 0) is 42.5 Å². The number of methoxy groups -OCH3 is 1. The number of anilines is 1. The molecule has 2 rings (SSSR count). The number of hydrogen-bond donors (Lipinski definition) is 1. The Kier molecular flexibility index (Phi) is 5.98. The monoisotopic (exact) mass is 397 g/mol. The fraction of sp³-hybridized carbons (Fsp3) is 0.278. The number of carbonyl (C=O) groups excluding carboxylic acids is 1. The SMILES string of the molecule is COC(=O)c1ccc(F)cc1NS(=O)(=O)c1ccc(SC(C)(C)C)cc1. The lowest BCUT2D eigenvalue weighted by Gasteiger charge is -2.17. The van der Waals surface area contributed by atoms with Gasteiger partial charge >= 0.3 is 5.97 Å². The molecule has 2 aromatic carbocycles. The highest BCUT2D eigenvalue weighted by atomic mass is 32.2. The molecule has 2 aromatic rings. The van der Waals surface area contributed by atoms with Crippen LogP contribution in [0.2, 0.25) is 0 Å². The molecule has 8 heteroatoms. The Labute approximate surface area is 157 Å². The first-order valence-electron chi connectivity index (χ1n) is 7.71. The van der Waals surface area contributed by atoms with E-state index >= 15 is 0 Å². The maximum atomic E-state index is 13.5. The minimum Gasteiger partial charge on any atom is -0.465 e. The zero-order valence-electron chi connectivity index (χ0n) is 14.9. The molecule has 0 aliphatic carbocycles. The summed E-state index contributed by atoms with van der Waals surface area (Å²) in [7, 11) is -2.83. The number of nitrogens with one attached hydrogen (secondary N) is 1. The zero-order valence-corrected chi connectivity index (χ0v) is 16.5. The van der Waals surface area contributed by atoms with Gasteiger partial charge in [-0.25, -0.2) is 17.6 Å². The number of ether oxygens (including phenoxy) is 1.